The largest absolute Gasteiger partial charge is 0.325 e. The molecule has 3 N–H and O–H groups in total. The van der Waals surface area contributed by atoms with Gasteiger partial charge in [-0.25, -0.2) is 10.5 Å². The van der Waals surface area contributed by atoms with Gasteiger partial charge in [-0.1, -0.05) is 54.2 Å². The van der Waals surface area contributed by atoms with Crippen LogP contribution in [0.25, 0.3) is 0 Å². The van der Waals surface area contributed by atoms with E-state index in [4.69, 9.17) is 0 Å². The summed E-state index contributed by atoms with van der Waals surface area (Å²) < 4.78 is 0. The van der Waals surface area contributed by atoms with Crippen LogP contribution in [0.1, 0.15) is 37.4 Å². The lowest BCUT2D eigenvalue weighted by atomic mass is 9.83. The van der Waals surface area contributed by atoms with E-state index in [1.165, 1.54) is 0 Å². The number of pyridine rings is 1. The first kappa shape index (κ1) is 22.2. The van der Waals surface area contributed by atoms with Crippen molar-refractivity contribution in [3.63, 3.8) is 0 Å². The Kier molecular flexibility index (Phi) is 6.14. The summed E-state index contributed by atoms with van der Waals surface area (Å²) in [6.45, 7) is 0. The predicted molar refractivity (Wildman–Crippen MR) is 131 cm³/mol. The maximum absolute atomic E-state index is 13.1. The summed E-state index contributed by atoms with van der Waals surface area (Å²) in [6.07, 6.45) is 4.92. The normalized spacial score (nSPS) is 12.3. The Bertz CT molecular complexity index is 1470. The molecule has 0 unspecified atom stereocenters. The van der Waals surface area contributed by atoms with Gasteiger partial charge in [0.05, 0.1) is 23.2 Å². The van der Waals surface area contributed by atoms with Crippen LogP contribution in [0.15, 0.2) is 77.2 Å². The van der Waals surface area contributed by atoms with Crippen LogP contribution in [0, 0.1) is 0 Å². The van der Waals surface area contributed by atoms with E-state index in [1.807, 2.05) is 6.07 Å². The first-order valence-corrected chi connectivity index (χ1v) is 11.4. The molecular formula is C24H17N7O3S. The maximum Gasteiger partial charge on any atom is 0.240 e. The van der Waals surface area contributed by atoms with Gasteiger partial charge in [0.1, 0.15) is 0 Å². The summed E-state index contributed by atoms with van der Waals surface area (Å²) >= 11 is 1.11. The van der Waals surface area contributed by atoms with Crippen LogP contribution >= 0.6 is 11.8 Å². The fourth-order valence-corrected chi connectivity index (χ4v) is 4.15. The van der Waals surface area contributed by atoms with Gasteiger partial charge in [0.25, 0.3) is 0 Å². The lowest BCUT2D eigenvalue weighted by molar-refractivity contribution is -0.113. The summed E-state index contributed by atoms with van der Waals surface area (Å²) in [4.78, 5) is 46.7. The number of hydrogen-bond acceptors (Lipinski definition) is 9. The monoisotopic (exact) mass is 483 g/mol. The highest BCUT2D eigenvalue weighted by Gasteiger charge is 2.31. The zero-order chi connectivity index (χ0) is 24.2. The summed E-state index contributed by atoms with van der Waals surface area (Å²) in [5.74, 6) is -0.592. The number of nitrogens with zero attached hydrogens (tertiary/aromatic N) is 4. The van der Waals surface area contributed by atoms with Gasteiger partial charge in [-0.2, -0.15) is 10.1 Å². The molecular weight excluding hydrogens is 466 g/mol. The summed E-state index contributed by atoms with van der Waals surface area (Å²) in [7, 11) is 0. The Balaban J connectivity index is 1.22. The van der Waals surface area contributed by atoms with Gasteiger partial charge in [0.2, 0.25) is 17.0 Å². The number of hydrogen-bond donors (Lipinski definition) is 3. The minimum absolute atomic E-state index is 0.00135. The second kappa shape index (κ2) is 9.69. The molecule has 11 heteroatoms. The average molecular weight is 484 g/mol. The number of hydrazone groups is 1. The molecule has 0 saturated heterocycles. The Labute approximate surface area is 203 Å². The van der Waals surface area contributed by atoms with Crippen LogP contribution < -0.4 is 10.7 Å². The lowest BCUT2D eigenvalue weighted by Gasteiger charge is -2.20. The van der Waals surface area contributed by atoms with Crippen LogP contribution in [-0.4, -0.2) is 49.6 Å². The van der Waals surface area contributed by atoms with E-state index in [0.29, 0.717) is 27.9 Å². The minimum Gasteiger partial charge on any atom is -0.325 e. The molecule has 2 heterocycles. The number of carbonyl (C=O) groups excluding carboxylic acids is 3. The fourth-order valence-electron chi connectivity index (χ4n) is 3.55. The molecule has 0 radical (unpaired) electrons. The zero-order valence-electron chi connectivity index (χ0n) is 18.1. The summed E-state index contributed by atoms with van der Waals surface area (Å²) in [6, 6.07) is 15.2. The van der Waals surface area contributed by atoms with Crippen molar-refractivity contribution < 1.29 is 14.4 Å². The van der Waals surface area contributed by atoms with Crippen molar-refractivity contribution >= 4 is 47.1 Å². The molecule has 10 nitrogen and oxygen atoms in total. The molecule has 2 aromatic carbocycles. The van der Waals surface area contributed by atoms with Crippen LogP contribution in [0.4, 0.5) is 11.6 Å². The van der Waals surface area contributed by atoms with Crippen molar-refractivity contribution in [3.05, 3.63) is 94.8 Å². The number of thioether (sulfide) groups is 1. The highest BCUT2D eigenvalue weighted by Crippen LogP contribution is 2.32. The number of nitrogens with one attached hydrogen (secondary N) is 3. The molecule has 1 amide bonds. The van der Waals surface area contributed by atoms with Crippen molar-refractivity contribution in [3.8, 4) is 0 Å². The molecule has 35 heavy (non-hydrogen) atoms. The molecule has 1 aliphatic carbocycles. The number of anilines is 2. The highest BCUT2D eigenvalue weighted by molar-refractivity contribution is 7.99. The Morgan fingerprint density at radius 1 is 1.00 bits per heavy atom. The van der Waals surface area contributed by atoms with Crippen LogP contribution in [0.2, 0.25) is 0 Å². The minimum atomic E-state index is -0.364. The summed E-state index contributed by atoms with van der Waals surface area (Å²) in [5.41, 5.74) is 5.00. The molecule has 2 aromatic heterocycles. The summed E-state index contributed by atoms with van der Waals surface area (Å²) in [5, 5.41) is 13.9. The van der Waals surface area contributed by atoms with E-state index in [9.17, 15) is 14.4 Å². The topological polar surface area (TPSA) is 142 Å². The van der Waals surface area contributed by atoms with Crippen molar-refractivity contribution in [2.24, 2.45) is 5.10 Å². The number of benzene rings is 2. The second-order valence-corrected chi connectivity index (χ2v) is 8.33. The van der Waals surface area contributed by atoms with E-state index in [2.05, 4.69) is 36.0 Å². The van der Waals surface area contributed by atoms with E-state index in [-0.39, 0.29) is 34.4 Å². The van der Waals surface area contributed by atoms with Crippen molar-refractivity contribution in [2.45, 2.75) is 5.16 Å². The third-order valence-corrected chi connectivity index (χ3v) is 5.94. The highest BCUT2D eigenvalue weighted by atomic mass is 32.2. The Morgan fingerprint density at radius 2 is 1.80 bits per heavy atom. The molecule has 5 rings (SSSR count). The molecule has 0 atom stereocenters. The smallest absolute Gasteiger partial charge is 0.240 e. The van der Waals surface area contributed by atoms with Gasteiger partial charge >= 0.3 is 0 Å². The predicted octanol–water partition coefficient (Wildman–Crippen LogP) is 3.15. The number of aromatic amines is 1. The number of fused-ring (bicyclic) bond motifs is 2. The molecule has 0 bridgehead atoms. The Morgan fingerprint density at radius 3 is 2.60 bits per heavy atom. The number of H-pyrrole nitrogens is 1. The molecule has 0 fully saturated rings. The third-order valence-electron chi connectivity index (χ3n) is 5.09. The first-order valence-electron chi connectivity index (χ1n) is 10.5. The van der Waals surface area contributed by atoms with Gasteiger partial charge in [-0.05, 0) is 12.1 Å². The van der Waals surface area contributed by atoms with Gasteiger partial charge in [-0.3, -0.25) is 19.4 Å². The quantitative estimate of drug-likeness (QED) is 0.182. The number of amides is 1. The fraction of sp³-hybridized carbons (Fsp3) is 0.0417. The molecule has 0 aliphatic heterocycles. The zero-order valence-corrected chi connectivity index (χ0v) is 18.9. The number of carbonyl (C=O) groups is 3. The van der Waals surface area contributed by atoms with Crippen LogP contribution in [0.5, 0.6) is 0 Å². The van der Waals surface area contributed by atoms with E-state index < -0.39 is 0 Å². The molecule has 4 aromatic rings. The number of rotatable bonds is 7. The third kappa shape index (κ3) is 4.70. The van der Waals surface area contributed by atoms with E-state index in [0.717, 1.165) is 17.3 Å². The maximum atomic E-state index is 13.1. The van der Waals surface area contributed by atoms with Gasteiger partial charge in [-0.15, -0.1) is 5.10 Å². The van der Waals surface area contributed by atoms with Gasteiger partial charge < -0.3 is 5.32 Å². The SMILES string of the molecule is O=C(CSc1n[nH]c(N/N=C\c2cccnc2)n1)Nc1cccc2c1C(=O)c1ccccc1C2=O. The van der Waals surface area contributed by atoms with Crippen LogP contribution in [-0.2, 0) is 4.79 Å². The van der Waals surface area contributed by atoms with E-state index >= 15 is 0 Å². The molecule has 1 aliphatic rings. The van der Waals surface area contributed by atoms with Crippen molar-refractivity contribution in [2.75, 3.05) is 16.5 Å². The van der Waals surface area contributed by atoms with Crippen molar-refractivity contribution in [1.29, 1.82) is 0 Å². The average Bonchev–Trinajstić information content (AvgIpc) is 3.34. The van der Waals surface area contributed by atoms with Crippen molar-refractivity contribution in [1.82, 2.24) is 20.2 Å². The lowest BCUT2D eigenvalue weighted by Crippen LogP contribution is -2.24. The molecule has 0 spiro atoms. The first-order chi connectivity index (χ1) is 17.1. The second-order valence-electron chi connectivity index (χ2n) is 7.39. The van der Waals surface area contributed by atoms with Gasteiger partial charge in [0, 0.05) is 34.6 Å². The molecule has 0 saturated carbocycles. The molecule has 172 valence electrons. The van der Waals surface area contributed by atoms with Crippen LogP contribution in [0.3, 0.4) is 0 Å². The number of ketones is 2. The Hall–Kier alpha value is -4.64. The van der Waals surface area contributed by atoms with Gasteiger partial charge in [0.15, 0.2) is 11.6 Å². The van der Waals surface area contributed by atoms with E-state index in [1.54, 1.807) is 67.1 Å². The standard InChI is InChI=1S/C24H17N7O3S/c32-19(13-35-24-28-23(30-31-24)29-26-12-14-5-4-10-25-11-14)27-18-9-3-8-17-20(18)22(34)16-7-2-1-6-15(16)21(17)33/h1-12H,13H2,(H,27,32)(H2,28,29,30,31)/b26-12-. The number of aromatic nitrogens is 4.